The number of aliphatic carboxylic acids is 4. The van der Waals surface area contributed by atoms with E-state index in [9.17, 15) is 146 Å². The van der Waals surface area contributed by atoms with Gasteiger partial charge in [-0.1, -0.05) is 60.7 Å². The molecule has 2 aromatic heterocycles. The number of benzene rings is 3. The predicted octanol–water partition coefficient (Wildman–Crippen LogP) is -8.07. The van der Waals surface area contributed by atoms with E-state index in [1.165, 1.54) is 70.7 Å². The molecule has 147 heavy (non-hydrogen) atoms. The van der Waals surface area contributed by atoms with Crippen LogP contribution >= 0.6 is 0 Å². The summed E-state index contributed by atoms with van der Waals surface area (Å²) >= 11 is 0. The molecular weight excluding hydrogens is 1930 g/mol. The number of amides is 18. The zero-order valence-electron chi connectivity index (χ0n) is 81.4. The highest BCUT2D eigenvalue weighted by molar-refractivity contribution is 6.03. The highest BCUT2D eigenvalue weighted by atomic mass is 16.4. The highest BCUT2D eigenvalue weighted by Crippen LogP contribution is 2.28. The number of fused-ring (bicyclic) bond motifs is 1. The molecule has 53 heteroatoms. The van der Waals surface area contributed by atoms with Crippen LogP contribution in [0.1, 0.15) is 147 Å². The zero-order chi connectivity index (χ0) is 108. The van der Waals surface area contributed by atoms with E-state index in [1.54, 1.807) is 54.6 Å². The molecule has 3 aliphatic heterocycles. The molecule has 3 aliphatic rings. The average molecular weight is 2060 g/mol. The number of carbonyl (C=O) groups excluding carboxylic acids is 18. The molecule has 18 amide bonds. The van der Waals surface area contributed by atoms with Crippen molar-refractivity contribution in [3.63, 3.8) is 0 Å². The normalized spacial score (nSPS) is 17.6. The standard InChI is InChI=1S/C94H129N23O30/c1-47(96)77(129)105-59(28-30-73(123)124)80(132)99-43-72(122)104-60(29-31-74(125)126)81(133)107-62(36-52-16-7-6-8-17-52)82(134)101-49(3)79(131)114-76(51(5)120)90(142)103-50(4)91(143)117-35-15-23-71(117)93(145)116-34-14-22-70(116)89(141)113-68(45-119)87(139)110-65(39-55-42-97-46-100-55)85(137)108-63(37-53-24-26-56(121)27-25-53)83(135)112-67(44-118)86(138)109-64(38-54-41-98-58-19-10-9-18-57(54)58)84(136)111-66(40-75(127)128)92(144)115-33-13-21-69(115)88(140)102-48(2)78(130)106-61(94(146)147)20-11-12-32-95/h6-10,16-19,24-27,41-42,46-51,59-71,76,98,118-121H,11-15,20-23,28-40,43-45,95-96H2,1-5H3,(H,97,100)(H,99,132)(H,101,134)(H,102,140)(H,103,142)(H,104,122)(H,105,129)(H,106,130)(H,107,133)(H,108,137)(H,109,138)(H,110,139)(H,111,136)(H,112,135)(H,113,141)(H,114,131)(H,123,124)(H,125,126)(H,127,128)(H,146,147)/t47-,48-,49-,50-,51+,59-,60-,61-,62-,63-,64-,65-,66-,67-,68-,69-,70-,71-,76-/m0/s1. The lowest BCUT2D eigenvalue weighted by Gasteiger charge is -2.33. The van der Waals surface area contributed by atoms with E-state index in [-0.39, 0.29) is 94.6 Å². The van der Waals surface area contributed by atoms with Crippen molar-refractivity contribution in [3.05, 3.63) is 120 Å². The number of carbonyl (C=O) groups is 22. The van der Waals surface area contributed by atoms with Gasteiger partial charge in [0.15, 0.2) is 0 Å². The number of likely N-dealkylation sites (tertiary alicyclic amines) is 3. The van der Waals surface area contributed by atoms with Crippen LogP contribution in [0.2, 0.25) is 0 Å². The van der Waals surface area contributed by atoms with Gasteiger partial charge in [0.05, 0.1) is 44.7 Å². The molecule has 0 spiro atoms. The number of phenols is 1. The molecule has 8 rings (SSSR count). The van der Waals surface area contributed by atoms with E-state index in [0.717, 1.165) is 21.6 Å². The molecule has 5 heterocycles. The van der Waals surface area contributed by atoms with Crippen LogP contribution in [-0.4, -0.2) is 362 Å². The number of aliphatic hydroxyl groups excluding tert-OH is 3. The number of H-pyrrole nitrogens is 2. The van der Waals surface area contributed by atoms with Crippen molar-refractivity contribution in [1.82, 2.24) is 109 Å². The van der Waals surface area contributed by atoms with Gasteiger partial charge in [0.1, 0.15) is 108 Å². The van der Waals surface area contributed by atoms with Gasteiger partial charge >= 0.3 is 23.9 Å². The van der Waals surface area contributed by atoms with Gasteiger partial charge in [0.2, 0.25) is 106 Å². The molecule has 19 atom stereocenters. The average Bonchev–Trinajstić information content (AvgIpc) is 1.66. The van der Waals surface area contributed by atoms with Gasteiger partial charge in [-0.2, -0.15) is 0 Å². The largest absolute Gasteiger partial charge is 0.508 e. The minimum atomic E-state index is -2.01. The fourth-order valence-electron chi connectivity index (χ4n) is 16.7. The number of phenolic OH excluding ortho intramolecular Hbond substituents is 1. The number of nitrogens with one attached hydrogen (secondary N) is 17. The number of aromatic nitrogens is 3. The lowest BCUT2D eigenvalue weighted by molar-refractivity contribution is -0.148. The molecule has 0 unspecified atom stereocenters. The maximum Gasteiger partial charge on any atom is 0.326 e. The minimum absolute atomic E-state index is 0.00497. The quantitative estimate of drug-likeness (QED) is 0.0161. The van der Waals surface area contributed by atoms with Crippen LogP contribution < -0.4 is 91.2 Å². The number of aromatic hydroxyl groups is 1. The summed E-state index contributed by atoms with van der Waals surface area (Å²) in [5.41, 5.74) is 13.0. The third kappa shape index (κ3) is 35.1. The van der Waals surface area contributed by atoms with Crippen LogP contribution in [0.4, 0.5) is 0 Å². The molecule has 0 saturated carbocycles. The minimum Gasteiger partial charge on any atom is -0.508 e. The van der Waals surface area contributed by atoms with E-state index in [1.807, 2.05) is 0 Å². The number of nitrogens with zero attached hydrogens (tertiary/aromatic N) is 4. The molecule has 3 fully saturated rings. The third-order valence-corrected chi connectivity index (χ3v) is 24.7. The van der Waals surface area contributed by atoms with Gasteiger partial charge in [-0.05, 0) is 147 Å². The molecule has 0 aliphatic carbocycles. The van der Waals surface area contributed by atoms with Gasteiger partial charge in [0, 0.05) is 87.1 Å². The summed E-state index contributed by atoms with van der Waals surface area (Å²) in [6, 6.07) is -8.60. The second-order valence-electron chi connectivity index (χ2n) is 36.0. The molecule has 800 valence electrons. The summed E-state index contributed by atoms with van der Waals surface area (Å²) in [7, 11) is 0. The zero-order valence-corrected chi connectivity index (χ0v) is 81.4. The second-order valence-corrected chi connectivity index (χ2v) is 36.0. The van der Waals surface area contributed by atoms with Crippen molar-refractivity contribution in [1.29, 1.82) is 0 Å². The number of aromatic amines is 2. The number of imidazole rings is 1. The molecule has 0 radical (unpaired) electrons. The Kier molecular flexibility index (Phi) is 44.9. The monoisotopic (exact) mass is 2060 g/mol. The summed E-state index contributed by atoms with van der Waals surface area (Å²) in [5.74, 6) is -24.5. The first-order valence-electron chi connectivity index (χ1n) is 47.8. The van der Waals surface area contributed by atoms with Gasteiger partial charge in [-0.25, -0.2) is 9.78 Å². The summed E-state index contributed by atoms with van der Waals surface area (Å²) < 4.78 is 0. The van der Waals surface area contributed by atoms with Crippen molar-refractivity contribution < 1.29 is 146 Å². The number of carboxylic acid groups (broad SMARTS) is 4. The van der Waals surface area contributed by atoms with E-state index >= 15 is 0 Å². The van der Waals surface area contributed by atoms with Crippen molar-refractivity contribution in [2.45, 2.75) is 265 Å². The van der Waals surface area contributed by atoms with Crippen molar-refractivity contribution in [2.75, 3.05) is 45.9 Å². The van der Waals surface area contributed by atoms with Gasteiger partial charge in [0.25, 0.3) is 0 Å². The van der Waals surface area contributed by atoms with Crippen LogP contribution in [0.15, 0.2) is 97.6 Å². The number of hydrogen-bond donors (Lipinski definition) is 27. The van der Waals surface area contributed by atoms with Crippen LogP contribution in [0, 0.1) is 0 Å². The number of aliphatic hydroxyl groups is 3. The molecule has 3 aromatic carbocycles. The Bertz CT molecular complexity index is 5510. The lowest BCUT2D eigenvalue weighted by Crippen LogP contribution is -2.62. The molecule has 53 nitrogen and oxygen atoms in total. The van der Waals surface area contributed by atoms with E-state index in [0.29, 0.717) is 34.9 Å². The fraction of sp³-hybridized carbons (Fsp3) is 0.521. The topological polar surface area (TPSA) is 824 Å². The second kappa shape index (κ2) is 56.6. The Balaban J connectivity index is 0.905. The predicted molar refractivity (Wildman–Crippen MR) is 514 cm³/mol. The van der Waals surface area contributed by atoms with E-state index in [2.05, 4.69) is 94.7 Å². The summed E-state index contributed by atoms with van der Waals surface area (Å²) in [4.78, 5) is 315. The smallest absolute Gasteiger partial charge is 0.326 e. The molecular formula is C94H129N23O30. The molecule has 0 bridgehead atoms. The molecule has 29 N–H and O–H groups in total. The SMILES string of the molecule is C[C@H](N)C(=O)N[C@@H](CCC(=O)O)C(=O)NCC(=O)N[C@@H](CCC(=O)O)C(=O)N[C@@H](Cc1ccccc1)C(=O)N[C@@H](C)C(=O)N[C@H](C(=O)N[C@@H](C)C(=O)N1CCC[C@H]1C(=O)N1CCC[C@H]1C(=O)N[C@@H](CO)C(=O)N[C@@H](Cc1cnc[nH]1)C(=O)N[C@@H](Cc1ccc(O)cc1)C(=O)N[C@@H](CO)C(=O)N[C@@H](Cc1c[nH]c2ccccc12)C(=O)N[C@@H](CC(=O)O)C(=O)N1CCC[C@H]1C(=O)N[C@@H](C)C(=O)N[C@@H](CCCCN)C(=O)O)[C@@H](C)O. The van der Waals surface area contributed by atoms with Gasteiger partial charge < -0.3 is 157 Å². The Hall–Kier alpha value is -15.7. The van der Waals surface area contributed by atoms with Crippen LogP contribution in [0.25, 0.3) is 10.9 Å². The fourth-order valence-corrected chi connectivity index (χ4v) is 16.7. The number of para-hydroxylation sites is 1. The number of hydrogen-bond acceptors (Lipinski definition) is 29. The molecule has 3 saturated heterocycles. The number of nitrogens with two attached hydrogens (primary N) is 2. The maximum atomic E-state index is 14.9. The Morgan fingerprint density at radius 3 is 1.44 bits per heavy atom. The summed E-state index contributed by atoms with van der Waals surface area (Å²) in [6.07, 6.45) is -1.13. The highest BCUT2D eigenvalue weighted by Gasteiger charge is 2.47. The first kappa shape index (κ1) is 117. The first-order valence-corrected chi connectivity index (χ1v) is 47.8. The number of rotatable bonds is 57. The summed E-state index contributed by atoms with van der Waals surface area (Å²) in [6.45, 7) is 2.90. The first-order chi connectivity index (χ1) is 69.8. The van der Waals surface area contributed by atoms with Crippen LogP contribution in [0.3, 0.4) is 0 Å². The number of carboxylic acids is 4. The van der Waals surface area contributed by atoms with Crippen molar-refractivity contribution in [3.8, 4) is 5.75 Å². The lowest BCUT2D eigenvalue weighted by atomic mass is 10.0. The Labute approximate surface area is 841 Å². The van der Waals surface area contributed by atoms with Gasteiger partial charge in [-0.15, -0.1) is 0 Å². The van der Waals surface area contributed by atoms with Crippen molar-refractivity contribution in [2.24, 2.45) is 11.5 Å². The van der Waals surface area contributed by atoms with E-state index < -0.39 is 316 Å². The maximum absolute atomic E-state index is 14.9. The van der Waals surface area contributed by atoms with Gasteiger partial charge in [-0.3, -0.25) is 101 Å². The van der Waals surface area contributed by atoms with Crippen molar-refractivity contribution >= 4 is 141 Å². The Morgan fingerprint density at radius 1 is 0.429 bits per heavy atom. The summed E-state index contributed by atoms with van der Waals surface area (Å²) in [5, 5.41) is 118. The van der Waals surface area contributed by atoms with E-state index in [4.69, 9.17) is 11.5 Å². The third-order valence-electron chi connectivity index (χ3n) is 24.7. The van der Waals surface area contributed by atoms with Crippen LogP contribution in [0.5, 0.6) is 5.75 Å². The van der Waals surface area contributed by atoms with Crippen LogP contribution in [-0.2, 0) is 131 Å². The number of unbranched alkanes of at least 4 members (excludes halogenated alkanes) is 1. The Morgan fingerprint density at radius 2 is 0.891 bits per heavy atom. The molecule has 5 aromatic rings.